The molecule has 118 valence electrons. The molecule has 0 amide bonds. The van der Waals surface area contributed by atoms with Gasteiger partial charge >= 0.3 is 0 Å². The number of H-pyrrole nitrogens is 1. The van der Waals surface area contributed by atoms with Gasteiger partial charge in [-0.1, -0.05) is 6.07 Å². The van der Waals surface area contributed by atoms with E-state index < -0.39 is 17.7 Å². The molecule has 0 fully saturated rings. The average Bonchev–Trinajstić information content (AvgIpc) is 2.92. The molecule has 6 nitrogen and oxygen atoms in total. The number of benzene rings is 1. The van der Waals surface area contributed by atoms with Crippen LogP contribution in [-0.4, -0.2) is 25.3 Å². The third-order valence-corrected chi connectivity index (χ3v) is 3.14. The molecular weight excluding hydrogens is 304 g/mol. The Labute approximate surface area is 130 Å². The van der Waals surface area contributed by atoms with Crippen molar-refractivity contribution in [1.29, 1.82) is 0 Å². The number of aromatic nitrogens is 4. The maximum Gasteiger partial charge on any atom is 0.163 e. The van der Waals surface area contributed by atoms with Crippen LogP contribution in [0.15, 0.2) is 36.5 Å². The van der Waals surface area contributed by atoms with Gasteiger partial charge in [-0.15, -0.1) is 0 Å². The van der Waals surface area contributed by atoms with E-state index in [2.05, 4.69) is 25.5 Å². The summed E-state index contributed by atoms with van der Waals surface area (Å²) in [6.07, 6.45) is 0.0210. The Morgan fingerprint density at radius 2 is 2.00 bits per heavy atom. The van der Waals surface area contributed by atoms with E-state index in [4.69, 9.17) is 0 Å². The molecule has 3 N–H and O–H groups in total. The van der Waals surface area contributed by atoms with Crippen LogP contribution in [0.4, 0.5) is 20.4 Å². The van der Waals surface area contributed by atoms with Crippen LogP contribution in [0, 0.1) is 18.6 Å². The highest BCUT2D eigenvalue weighted by molar-refractivity contribution is 5.51. The summed E-state index contributed by atoms with van der Waals surface area (Å²) in [5.74, 6) is -0.642. The minimum absolute atomic E-state index is 0.00670. The summed E-state index contributed by atoms with van der Waals surface area (Å²) in [6, 6.07) is 6.29. The fourth-order valence-corrected chi connectivity index (χ4v) is 2.05. The van der Waals surface area contributed by atoms with Crippen molar-refractivity contribution in [1.82, 2.24) is 20.2 Å². The molecular formula is C15H13F2N5O. The molecule has 2 heterocycles. The Kier molecular flexibility index (Phi) is 3.98. The molecule has 8 heteroatoms. The van der Waals surface area contributed by atoms with Crippen LogP contribution in [-0.2, 0) is 0 Å². The first kappa shape index (κ1) is 15.0. The molecule has 1 atom stereocenters. The van der Waals surface area contributed by atoms with Crippen molar-refractivity contribution in [3.8, 4) is 0 Å². The zero-order valence-electron chi connectivity index (χ0n) is 12.1. The van der Waals surface area contributed by atoms with Gasteiger partial charge in [0.05, 0.1) is 0 Å². The predicted octanol–water partition coefficient (Wildman–Crippen LogP) is 2.61. The normalized spacial score (nSPS) is 12.2. The van der Waals surface area contributed by atoms with E-state index >= 15 is 0 Å². The molecule has 0 saturated heterocycles. The second-order valence-corrected chi connectivity index (χ2v) is 4.93. The summed E-state index contributed by atoms with van der Waals surface area (Å²) >= 11 is 0. The zero-order chi connectivity index (χ0) is 16.4. The van der Waals surface area contributed by atoms with Gasteiger partial charge in [0.1, 0.15) is 23.6 Å². The van der Waals surface area contributed by atoms with E-state index in [1.54, 1.807) is 12.1 Å². The number of aliphatic hydroxyl groups excluding tert-OH is 1. The van der Waals surface area contributed by atoms with Gasteiger partial charge in [-0.25, -0.2) is 18.7 Å². The number of hydrogen-bond donors (Lipinski definition) is 3. The van der Waals surface area contributed by atoms with Crippen molar-refractivity contribution in [2.75, 3.05) is 5.32 Å². The Balaban J connectivity index is 1.86. The van der Waals surface area contributed by atoms with Crippen molar-refractivity contribution in [3.63, 3.8) is 0 Å². The van der Waals surface area contributed by atoms with Crippen LogP contribution < -0.4 is 5.32 Å². The molecule has 2 aromatic heterocycles. The topological polar surface area (TPSA) is 86.7 Å². The summed E-state index contributed by atoms with van der Waals surface area (Å²) in [5.41, 5.74) is 0.773. The first-order valence-corrected chi connectivity index (χ1v) is 6.78. The number of aromatic amines is 1. The molecule has 0 radical (unpaired) electrons. The molecule has 3 rings (SSSR count). The van der Waals surface area contributed by atoms with Crippen molar-refractivity contribution in [2.45, 2.75) is 13.0 Å². The summed E-state index contributed by atoms with van der Waals surface area (Å²) in [4.78, 5) is 8.07. The standard InChI is InChI=1S/C15H13F2N5O/c1-8-6-13(22-21-8)19-12-4-5-18-15(20-12)14(23)10-3-2-9(16)7-11(10)17/h2-7,14,23H,1H3,(H2,18,19,20,21,22). The number of rotatable bonds is 4. The van der Waals surface area contributed by atoms with Crippen molar-refractivity contribution >= 4 is 11.6 Å². The number of hydrogen-bond acceptors (Lipinski definition) is 5. The molecule has 0 aliphatic carbocycles. The van der Waals surface area contributed by atoms with Gasteiger partial charge in [-0.2, -0.15) is 5.10 Å². The van der Waals surface area contributed by atoms with Gasteiger partial charge in [0, 0.05) is 29.6 Å². The lowest BCUT2D eigenvalue weighted by molar-refractivity contribution is 0.204. The Morgan fingerprint density at radius 3 is 2.70 bits per heavy atom. The number of aliphatic hydroxyl groups is 1. The van der Waals surface area contributed by atoms with Gasteiger partial charge < -0.3 is 10.4 Å². The zero-order valence-corrected chi connectivity index (χ0v) is 12.1. The summed E-state index contributed by atoms with van der Waals surface area (Å²) in [6.45, 7) is 1.85. The maximum absolute atomic E-state index is 13.8. The van der Waals surface area contributed by atoms with E-state index in [0.717, 1.165) is 17.8 Å². The first-order chi connectivity index (χ1) is 11.0. The molecule has 1 aromatic carbocycles. The van der Waals surface area contributed by atoms with Crippen LogP contribution in [0.5, 0.6) is 0 Å². The highest BCUT2D eigenvalue weighted by atomic mass is 19.1. The molecule has 0 saturated carbocycles. The molecule has 0 spiro atoms. The third-order valence-electron chi connectivity index (χ3n) is 3.14. The summed E-state index contributed by atoms with van der Waals surface area (Å²) in [7, 11) is 0. The van der Waals surface area contributed by atoms with Crippen molar-refractivity contribution in [3.05, 3.63) is 65.2 Å². The minimum Gasteiger partial charge on any atom is -0.380 e. The maximum atomic E-state index is 13.8. The number of aryl methyl sites for hydroxylation is 1. The number of nitrogens with one attached hydrogen (secondary N) is 2. The Bertz CT molecular complexity index is 836. The van der Waals surface area contributed by atoms with Gasteiger partial charge in [0.2, 0.25) is 0 Å². The van der Waals surface area contributed by atoms with Crippen LogP contribution in [0.3, 0.4) is 0 Å². The van der Waals surface area contributed by atoms with Gasteiger partial charge in [0.15, 0.2) is 11.6 Å². The number of anilines is 2. The van der Waals surface area contributed by atoms with E-state index in [1.807, 2.05) is 6.92 Å². The SMILES string of the molecule is Cc1cc(Nc2ccnc(C(O)c3ccc(F)cc3F)n2)n[nH]1. The van der Waals surface area contributed by atoms with E-state index in [1.165, 1.54) is 6.20 Å². The highest BCUT2D eigenvalue weighted by Crippen LogP contribution is 2.23. The molecule has 23 heavy (non-hydrogen) atoms. The monoisotopic (exact) mass is 317 g/mol. The van der Waals surface area contributed by atoms with Crippen molar-refractivity contribution in [2.24, 2.45) is 0 Å². The highest BCUT2D eigenvalue weighted by Gasteiger charge is 2.18. The van der Waals surface area contributed by atoms with Crippen molar-refractivity contribution < 1.29 is 13.9 Å². The lowest BCUT2D eigenvalue weighted by Gasteiger charge is -2.12. The quantitative estimate of drug-likeness (QED) is 0.688. The lowest BCUT2D eigenvalue weighted by atomic mass is 10.1. The number of halogens is 2. The van der Waals surface area contributed by atoms with E-state index in [9.17, 15) is 13.9 Å². The fraction of sp³-hybridized carbons (Fsp3) is 0.133. The van der Waals surface area contributed by atoms with Crippen LogP contribution in [0.2, 0.25) is 0 Å². The minimum atomic E-state index is -1.40. The second kappa shape index (κ2) is 6.09. The summed E-state index contributed by atoms with van der Waals surface area (Å²) in [5, 5.41) is 19.9. The lowest BCUT2D eigenvalue weighted by Crippen LogP contribution is -2.09. The van der Waals surface area contributed by atoms with Crippen LogP contribution in [0.1, 0.15) is 23.2 Å². The van der Waals surface area contributed by atoms with E-state index in [0.29, 0.717) is 17.7 Å². The Morgan fingerprint density at radius 1 is 1.17 bits per heavy atom. The summed E-state index contributed by atoms with van der Waals surface area (Å²) < 4.78 is 26.7. The van der Waals surface area contributed by atoms with E-state index in [-0.39, 0.29) is 11.4 Å². The molecule has 1 unspecified atom stereocenters. The fourth-order valence-electron chi connectivity index (χ4n) is 2.05. The molecule has 0 aliphatic rings. The van der Waals surface area contributed by atoms with Crippen LogP contribution >= 0.6 is 0 Å². The van der Waals surface area contributed by atoms with Gasteiger partial charge in [-0.3, -0.25) is 5.10 Å². The van der Waals surface area contributed by atoms with Gasteiger partial charge in [0.25, 0.3) is 0 Å². The first-order valence-electron chi connectivity index (χ1n) is 6.78. The van der Waals surface area contributed by atoms with Crippen LogP contribution in [0.25, 0.3) is 0 Å². The second-order valence-electron chi connectivity index (χ2n) is 4.93. The van der Waals surface area contributed by atoms with Gasteiger partial charge in [-0.05, 0) is 19.1 Å². The molecule has 0 bridgehead atoms. The Hall–Kier alpha value is -2.87. The third kappa shape index (κ3) is 3.32. The predicted molar refractivity (Wildman–Crippen MR) is 79.1 cm³/mol. The number of nitrogens with zero attached hydrogens (tertiary/aromatic N) is 3. The smallest absolute Gasteiger partial charge is 0.163 e. The average molecular weight is 317 g/mol. The molecule has 0 aliphatic heterocycles. The molecule has 3 aromatic rings. The largest absolute Gasteiger partial charge is 0.380 e.